The second-order valence-corrected chi connectivity index (χ2v) is 8.72. The predicted molar refractivity (Wildman–Crippen MR) is 143 cm³/mol. The normalized spacial score (nSPS) is 17.1. The highest BCUT2D eigenvalue weighted by Gasteiger charge is 2.11. The molecule has 0 aromatic heterocycles. The molecule has 2 heterocycles. The van der Waals surface area contributed by atoms with Gasteiger partial charge >= 0.3 is 0 Å². The fourth-order valence-electron chi connectivity index (χ4n) is 4.34. The van der Waals surface area contributed by atoms with Gasteiger partial charge in [0, 0.05) is 37.6 Å². The minimum Gasteiger partial charge on any atom is -0.378 e. The molecule has 2 aliphatic rings. The van der Waals surface area contributed by atoms with Gasteiger partial charge in [-0.3, -0.25) is 0 Å². The van der Waals surface area contributed by atoms with Gasteiger partial charge in [0.25, 0.3) is 0 Å². The van der Waals surface area contributed by atoms with Gasteiger partial charge in [0.15, 0.2) is 0 Å². The van der Waals surface area contributed by atoms with Crippen molar-refractivity contribution in [3.8, 4) is 0 Å². The predicted octanol–water partition coefficient (Wildman–Crippen LogP) is 5.70. The second kappa shape index (κ2) is 11.2. The average Bonchev–Trinajstić information content (AvgIpc) is 2.93. The van der Waals surface area contributed by atoms with Crippen molar-refractivity contribution in [3.63, 3.8) is 0 Å². The molecule has 5 rings (SSSR count). The molecular weight excluding hydrogens is 420 g/mol. The zero-order valence-electron chi connectivity index (χ0n) is 19.6. The molecule has 0 N–H and O–H groups in total. The van der Waals surface area contributed by atoms with Gasteiger partial charge in [-0.1, -0.05) is 72.8 Å². The van der Waals surface area contributed by atoms with Crippen LogP contribution in [0, 0.1) is 0 Å². The Labute approximate surface area is 202 Å². The Balaban J connectivity index is 1.16. The van der Waals surface area contributed by atoms with E-state index in [9.17, 15) is 0 Å². The Morgan fingerprint density at radius 1 is 0.412 bits per heavy atom. The van der Waals surface area contributed by atoms with Crippen LogP contribution in [0.15, 0.2) is 72.8 Å². The van der Waals surface area contributed by atoms with Crippen LogP contribution in [0.25, 0.3) is 24.3 Å². The van der Waals surface area contributed by atoms with Crippen LogP contribution in [0.1, 0.15) is 22.3 Å². The summed E-state index contributed by atoms with van der Waals surface area (Å²) >= 11 is 0. The zero-order chi connectivity index (χ0) is 23.0. The van der Waals surface area contributed by atoms with E-state index in [1.807, 2.05) is 0 Å². The lowest BCUT2D eigenvalue weighted by Crippen LogP contribution is -2.36. The van der Waals surface area contributed by atoms with Crippen LogP contribution >= 0.6 is 0 Å². The number of hydrogen-bond acceptors (Lipinski definition) is 4. The average molecular weight is 453 g/mol. The molecule has 2 saturated heterocycles. The topological polar surface area (TPSA) is 24.9 Å². The summed E-state index contributed by atoms with van der Waals surface area (Å²) < 4.78 is 10.9. The standard InChI is InChI=1S/C30H32N2O2/c1-2-26(6-8-28-11-15-30(16-12-28)32-19-23-34-24-20-32)4-3-25(1)5-7-27-9-13-29(14-10-27)31-17-21-33-22-18-31/h1-16H,17-24H2/b7-5+,8-6+. The largest absolute Gasteiger partial charge is 0.378 e. The Kier molecular flexibility index (Phi) is 7.39. The van der Waals surface area contributed by atoms with E-state index in [4.69, 9.17) is 9.47 Å². The van der Waals surface area contributed by atoms with Crippen LogP contribution in [0.3, 0.4) is 0 Å². The highest BCUT2D eigenvalue weighted by Crippen LogP contribution is 2.20. The molecule has 0 saturated carbocycles. The summed E-state index contributed by atoms with van der Waals surface area (Å²) in [5.41, 5.74) is 7.36. The summed E-state index contributed by atoms with van der Waals surface area (Å²) in [5.74, 6) is 0. The van der Waals surface area contributed by atoms with Crippen LogP contribution in [0.5, 0.6) is 0 Å². The number of rotatable bonds is 6. The third-order valence-corrected chi connectivity index (χ3v) is 6.41. The number of morpholine rings is 2. The molecule has 0 radical (unpaired) electrons. The lowest BCUT2D eigenvalue weighted by Gasteiger charge is -2.28. The van der Waals surface area contributed by atoms with Crippen molar-refractivity contribution in [1.82, 2.24) is 0 Å². The summed E-state index contributed by atoms with van der Waals surface area (Å²) in [5, 5.41) is 0. The summed E-state index contributed by atoms with van der Waals surface area (Å²) in [4.78, 5) is 4.75. The zero-order valence-corrected chi connectivity index (χ0v) is 19.6. The van der Waals surface area contributed by atoms with E-state index in [-0.39, 0.29) is 0 Å². The van der Waals surface area contributed by atoms with Gasteiger partial charge < -0.3 is 19.3 Å². The van der Waals surface area contributed by atoms with Gasteiger partial charge in [-0.2, -0.15) is 0 Å². The van der Waals surface area contributed by atoms with Crippen LogP contribution in [-0.2, 0) is 9.47 Å². The Morgan fingerprint density at radius 3 is 0.971 bits per heavy atom. The smallest absolute Gasteiger partial charge is 0.0642 e. The van der Waals surface area contributed by atoms with E-state index in [0.717, 1.165) is 52.6 Å². The maximum atomic E-state index is 5.44. The molecule has 0 atom stereocenters. The molecule has 174 valence electrons. The lowest BCUT2D eigenvalue weighted by atomic mass is 10.1. The van der Waals surface area contributed by atoms with Crippen molar-refractivity contribution in [2.45, 2.75) is 0 Å². The van der Waals surface area contributed by atoms with E-state index in [1.54, 1.807) is 0 Å². The first-order valence-corrected chi connectivity index (χ1v) is 12.2. The molecule has 3 aromatic carbocycles. The molecule has 34 heavy (non-hydrogen) atoms. The summed E-state index contributed by atoms with van der Waals surface area (Å²) in [7, 11) is 0. The molecule has 2 fully saturated rings. The molecule has 4 heteroatoms. The highest BCUT2D eigenvalue weighted by molar-refractivity contribution is 5.74. The van der Waals surface area contributed by atoms with Gasteiger partial charge in [-0.05, 0) is 46.5 Å². The quantitative estimate of drug-likeness (QED) is 0.448. The van der Waals surface area contributed by atoms with Crippen molar-refractivity contribution in [1.29, 1.82) is 0 Å². The van der Waals surface area contributed by atoms with E-state index in [2.05, 4.69) is 107 Å². The molecule has 4 nitrogen and oxygen atoms in total. The van der Waals surface area contributed by atoms with Gasteiger partial charge in [-0.15, -0.1) is 0 Å². The minimum atomic E-state index is 0.814. The number of ether oxygens (including phenoxy) is 2. The number of benzene rings is 3. The van der Waals surface area contributed by atoms with Crippen molar-refractivity contribution in [2.24, 2.45) is 0 Å². The molecule has 0 amide bonds. The van der Waals surface area contributed by atoms with Gasteiger partial charge in [0.1, 0.15) is 0 Å². The maximum Gasteiger partial charge on any atom is 0.0642 e. The molecule has 3 aromatic rings. The summed E-state index contributed by atoms with van der Waals surface area (Å²) in [6, 6.07) is 26.2. The van der Waals surface area contributed by atoms with Crippen molar-refractivity contribution in [3.05, 3.63) is 95.1 Å². The number of anilines is 2. The van der Waals surface area contributed by atoms with Crippen LogP contribution < -0.4 is 9.80 Å². The number of hydrogen-bond donors (Lipinski definition) is 0. The highest BCUT2D eigenvalue weighted by atomic mass is 16.5. The maximum absolute atomic E-state index is 5.44. The van der Waals surface area contributed by atoms with E-state index < -0.39 is 0 Å². The second-order valence-electron chi connectivity index (χ2n) is 8.72. The molecule has 2 aliphatic heterocycles. The molecule has 0 aliphatic carbocycles. The van der Waals surface area contributed by atoms with Crippen LogP contribution in [0.4, 0.5) is 11.4 Å². The van der Waals surface area contributed by atoms with Gasteiger partial charge in [0.05, 0.1) is 26.4 Å². The molecule has 0 bridgehead atoms. The van der Waals surface area contributed by atoms with Crippen molar-refractivity contribution < 1.29 is 9.47 Å². The van der Waals surface area contributed by atoms with E-state index in [1.165, 1.54) is 33.6 Å². The Hall–Kier alpha value is -3.34. The first-order valence-electron chi connectivity index (χ1n) is 12.2. The third kappa shape index (κ3) is 5.96. The lowest BCUT2D eigenvalue weighted by molar-refractivity contribution is 0.122. The van der Waals surface area contributed by atoms with E-state index >= 15 is 0 Å². The minimum absolute atomic E-state index is 0.814. The fraction of sp³-hybridized carbons (Fsp3) is 0.267. The van der Waals surface area contributed by atoms with Crippen molar-refractivity contribution in [2.75, 3.05) is 62.4 Å². The summed E-state index contributed by atoms with van der Waals surface area (Å²) in [6.07, 6.45) is 8.68. The van der Waals surface area contributed by atoms with Gasteiger partial charge in [-0.25, -0.2) is 0 Å². The molecule has 0 spiro atoms. The first-order chi connectivity index (χ1) is 16.8. The molecule has 0 unspecified atom stereocenters. The van der Waals surface area contributed by atoms with Crippen LogP contribution in [-0.4, -0.2) is 52.6 Å². The Morgan fingerprint density at radius 2 is 0.676 bits per heavy atom. The third-order valence-electron chi connectivity index (χ3n) is 6.41. The van der Waals surface area contributed by atoms with Crippen LogP contribution in [0.2, 0.25) is 0 Å². The number of nitrogens with zero attached hydrogens (tertiary/aromatic N) is 2. The van der Waals surface area contributed by atoms with Crippen molar-refractivity contribution >= 4 is 35.7 Å². The first kappa shape index (κ1) is 22.5. The van der Waals surface area contributed by atoms with E-state index in [0.29, 0.717) is 0 Å². The van der Waals surface area contributed by atoms with Gasteiger partial charge in [0.2, 0.25) is 0 Å². The molecular formula is C30H32N2O2. The monoisotopic (exact) mass is 452 g/mol. The summed E-state index contributed by atoms with van der Waals surface area (Å²) in [6.45, 7) is 7.13. The Bertz CT molecular complexity index is 1000. The SMILES string of the molecule is C(=C\c1ccc(N2CCOCC2)cc1)/c1ccc(/C=C/c2ccc(N3CCOCC3)cc2)cc1. The fourth-order valence-corrected chi connectivity index (χ4v) is 4.34.